The van der Waals surface area contributed by atoms with Gasteiger partial charge in [0, 0.05) is 32.4 Å². The smallest absolute Gasteiger partial charge is 0.274 e. The van der Waals surface area contributed by atoms with Crippen LogP contribution in [0.1, 0.15) is 49.6 Å². The molecule has 1 amide bonds. The van der Waals surface area contributed by atoms with Crippen molar-refractivity contribution < 1.29 is 9.53 Å². The molecule has 7 nitrogen and oxygen atoms in total. The Hall–Kier alpha value is -1.44. The summed E-state index contributed by atoms with van der Waals surface area (Å²) in [7, 11) is 0. The van der Waals surface area contributed by atoms with Crippen LogP contribution in [0.4, 0.5) is 0 Å². The highest BCUT2D eigenvalue weighted by Crippen LogP contribution is 2.18. The van der Waals surface area contributed by atoms with Crippen LogP contribution in [0.5, 0.6) is 0 Å². The maximum Gasteiger partial charge on any atom is 0.274 e. The molecule has 1 aromatic rings. The summed E-state index contributed by atoms with van der Waals surface area (Å²) in [5.41, 5.74) is 0.555. The minimum atomic E-state index is 0.0300. The number of piperidine rings is 1. The number of nitrogens with zero attached hydrogens (tertiary/aromatic N) is 4. The molecule has 2 unspecified atom stereocenters. The van der Waals surface area contributed by atoms with E-state index in [4.69, 9.17) is 4.74 Å². The fourth-order valence-electron chi connectivity index (χ4n) is 3.81. The van der Waals surface area contributed by atoms with Crippen molar-refractivity contribution in [2.75, 3.05) is 52.4 Å². The van der Waals surface area contributed by atoms with Gasteiger partial charge in [-0.05, 0) is 45.0 Å². The molecule has 2 atom stereocenters. The first-order chi connectivity index (χ1) is 12.7. The molecule has 1 N–H and O–H groups in total. The molecule has 0 saturated carbocycles. The monoisotopic (exact) mass is 363 g/mol. The molecule has 7 heteroatoms. The summed E-state index contributed by atoms with van der Waals surface area (Å²) in [4.78, 5) is 17.0. The molecule has 0 radical (unpaired) electrons. The molecule has 0 aromatic carbocycles. The topological polar surface area (TPSA) is 62.6 Å². The van der Waals surface area contributed by atoms with Crippen molar-refractivity contribution >= 4 is 5.91 Å². The maximum atomic E-state index is 12.7. The zero-order valence-electron chi connectivity index (χ0n) is 16.2. The van der Waals surface area contributed by atoms with E-state index in [9.17, 15) is 4.79 Å². The van der Waals surface area contributed by atoms with Crippen LogP contribution >= 0.6 is 0 Å². The number of nitrogens with one attached hydrogen (secondary N) is 1. The number of hydrogen-bond acceptors (Lipinski definition) is 5. The summed E-state index contributed by atoms with van der Waals surface area (Å²) in [6, 6.07) is 2.21. The van der Waals surface area contributed by atoms with Gasteiger partial charge >= 0.3 is 0 Å². The van der Waals surface area contributed by atoms with Gasteiger partial charge in [-0.25, -0.2) is 0 Å². The Morgan fingerprint density at radius 2 is 2.23 bits per heavy atom. The van der Waals surface area contributed by atoms with Crippen LogP contribution in [0.15, 0.2) is 12.3 Å². The van der Waals surface area contributed by atoms with E-state index < -0.39 is 0 Å². The minimum absolute atomic E-state index is 0.0300. The van der Waals surface area contributed by atoms with Gasteiger partial charge in [-0.3, -0.25) is 9.48 Å². The lowest BCUT2D eigenvalue weighted by atomic mass is 10.1. The molecule has 3 rings (SSSR count). The summed E-state index contributed by atoms with van der Waals surface area (Å²) in [6.07, 6.45) is 5.29. The third-order valence-electron chi connectivity index (χ3n) is 5.56. The lowest BCUT2D eigenvalue weighted by Gasteiger charge is -2.23. The Morgan fingerprint density at radius 1 is 1.38 bits per heavy atom. The van der Waals surface area contributed by atoms with Gasteiger partial charge in [0.15, 0.2) is 0 Å². The number of rotatable bonds is 8. The molecule has 146 valence electrons. The second kappa shape index (κ2) is 9.48. The Balaban J connectivity index is 1.46. The lowest BCUT2D eigenvalue weighted by Crippen LogP contribution is -2.33. The van der Waals surface area contributed by atoms with E-state index in [1.807, 2.05) is 21.8 Å². The zero-order valence-corrected chi connectivity index (χ0v) is 16.2. The van der Waals surface area contributed by atoms with Crippen LogP contribution in [0.25, 0.3) is 0 Å². The van der Waals surface area contributed by atoms with Crippen molar-refractivity contribution in [2.24, 2.45) is 0 Å². The van der Waals surface area contributed by atoms with Crippen molar-refractivity contribution in [3.05, 3.63) is 18.0 Å². The van der Waals surface area contributed by atoms with Gasteiger partial charge in [-0.1, -0.05) is 13.8 Å². The molecule has 2 aliphatic heterocycles. The van der Waals surface area contributed by atoms with Crippen molar-refractivity contribution in [1.29, 1.82) is 0 Å². The van der Waals surface area contributed by atoms with E-state index >= 15 is 0 Å². The lowest BCUT2D eigenvalue weighted by molar-refractivity contribution is 0.0419. The standard InChI is InChI=1S/C19H33N5O2/c1-3-22(4-2)12-13-26-17-7-10-23(15-17)19(25)18-8-11-24(21-18)16-6-5-9-20-14-16/h8,11,16-17,20H,3-7,9-10,12-15H2,1-2H3. The zero-order chi connectivity index (χ0) is 18.4. The van der Waals surface area contributed by atoms with Crippen LogP contribution in [0.2, 0.25) is 0 Å². The molecular formula is C19H33N5O2. The third-order valence-corrected chi connectivity index (χ3v) is 5.56. The average Bonchev–Trinajstić information content (AvgIpc) is 3.35. The number of carbonyl (C=O) groups is 1. The Labute approximate surface area is 156 Å². The van der Waals surface area contributed by atoms with Gasteiger partial charge in [0.2, 0.25) is 0 Å². The molecular weight excluding hydrogens is 330 g/mol. The summed E-state index contributed by atoms with van der Waals surface area (Å²) in [5, 5.41) is 7.94. The molecule has 2 saturated heterocycles. The highest BCUT2D eigenvalue weighted by Gasteiger charge is 2.29. The molecule has 1 aromatic heterocycles. The fourth-order valence-corrected chi connectivity index (χ4v) is 3.81. The largest absolute Gasteiger partial charge is 0.375 e. The number of likely N-dealkylation sites (tertiary alicyclic amines) is 1. The second-order valence-electron chi connectivity index (χ2n) is 7.24. The van der Waals surface area contributed by atoms with Gasteiger partial charge in [0.05, 0.1) is 18.8 Å². The first kappa shape index (κ1) is 19.3. The Morgan fingerprint density at radius 3 is 2.96 bits per heavy atom. The molecule has 2 fully saturated rings. The van der Waals surface area contributed by atoms with Crippen LogP contribution in [0.3, 0.4) is 0 Å². The molecule has 0 spiro atoms. The van der Waals surface area contributed by atoms with Crippen molar-refractivity contribution in [3.8, 4) is 0 Å². The Kier molecular flexibility index (Phi) is 7.05. The first-order valence-corrected chi connectivity index (χ1v) is 10.1. The molecule has 3 heterocycles. The number of aromatic nitrogens is 2. The van der Waals surface area contributed by atoms with Gasteiger partial charge in [0.25, 0.3) is 5.91 Å². The summed E-state index contributed by atoms with van der Waals surface area (Å²) in [5.74, 6) is 0.0300. The van der Waals surface area contributed by atoms with Gasteiger partial charge < -0.3 is 19.9 Å². The normalized spacial score (nSPS) is 23.7. The van der Waals surface area contributed by atoms with Crippen LogP contribution in [-0.4, -0.2) is 84.0 Å². The van der Waals surface area contributed by atoms with Crippen LogP contribution in [-0.2, 0) is 4.74 Å². The van der Waals surface area contributed by atoms with E-state index in [2.05, 4.69) is 29.2 Å². The SMILES string of the molecule is CCN(CC)CCOC1CCN(C(=O)c2ccn(C3CCCNC3)n2)C1. The predicted octanol–water partition coefficient (Wildman–Crippen LogP) is 1.38. The number of amides is 1. The number of hydrogen-bond donors (Lipinski definition) is 1. The first-order valence-electron chi connectivity index (χ1n) is 10.1. The molecule has 26 heavy (non-hydrogen) atoms. The van der Waals surface area contributed by atoms with Crippen LogP contribution in [0, 0.1) is 0 Å². The molecule has 0 aliphatic carbocycles. The number of ether oxygens (including phenoxy) is 1. The summed E-state index contributed by atoms with van der Waals surface area (Å²) >= 11 is 0. The van der Waals surface area contributed by atoms with Crippen molar-refractivity contribution in [1.82, 2.24) is 24.9 Å². The van der Waals surface area contributed by atoms with E-state index in [-0.39, 0.29) is 12.0 Å². The van der Waals surface area contributed by atoms with Gasteiger partial charge in [-0.2, -0.15) is 5.10 Å². The highest BCUT2D eigenvalue weighted by atomic mass is 16.5. The summed E-state index contributed by atoms with van der Waals surface area (Å²) in [6.45, 7) is 11.6. The number of likely N-dealkylation sites (N-methyl/N-ethyl adjacent to an activating group) is 1. The maximum absolute atomic E-state index is 12.7. The fraction of sp³-hybridized carbons (Fsp3) is 0.789. The second-order valence-corrected chi connectivity index (χ2v) is 7.24. The third kappa shape index (κ3) is 4.84. The average molecular weight is 364 g/mol. The predicted molar refractivity (Wildman–Crippen MR) is 101 cm³/mol. The van der Waals surface area contributed by atoms with E-state index in [1.165, 1.54) is 0 Å². The minimum Gasteiger partial charge on any atom is -0.375 e. The molecule has 2 aliphatic rings. The summed E-state index contributed by atoms with van der Waals surface area (Å²) < 4.78 is 7.94. The number of carbonyl (C=O) groups excluding carboxylic acids is 1. The van der Waals surface area contributed by atoms with Gasteiger partial charge in [-0.15, -0.1) is 0 Å². The van der Waals surface area contributed by atoms with Crippen molar-refractivity contribution in [2.45, 2.75) is 45.3 Å². The highest BCUT2D eigenvalue weighted by molar-refractivity contribution is 5.92. The molecule has 0 bridgehead atoms. The Bertz CT molecular complexity index is 566. The van der Waals surface area contributed by atoms with E-state index in [1.54, 1.807) is 0 Å². The van der Waals surface area contributed by atoms with E-state index in [0.717, 1.165) is 65.1 Å². The quantitative estimate of drug-likeness (QED) is 0.756. The van der Waals surface area contributed by atoms with Gasteiger partial charge in [0.1, 0.15) is 5.69 Å². The van der Waals surface area contributed by atoms with E-state index in [0.29, 0.717) is 18.3 Å². The van der Waals surface area contributed by atoms with Crippen LogP contribution < -0.4 is 5.32 Å². The van der Waals surface area contributed by atoms with Crippen molar-refractivity contribution in [3.63, 3.8) is 0 Å².